The number of carbonyl (C=O) groups is 1. The van der Waals surface area contributed by atoms with Crippen LogP contribution < -0.4 is 9.47 Å². The van der Waals surface area contributed by atoms with E-state index in [-0.39, 0.29) is 19.0 Å². The van der Waals surface area contributed by atoms with Crippen LogP contribution in [0.25, 0.3) is 0 Å². The molecule has 0 aliphatic carbocycles. The molecule has 0 radical (unpaired) electrons. The summed E-state index contributed by atoms with van der Waals surface area (Å²) in [5.74, 6) is -4.60. The number of benzene rings is 3. The van der Waals surface area contributed by atoms with Crippen LogP contribution in [0.1, 0.15) is 16.7 Å². The molecule has 3 aromatic rings. The van der Waals surface area contributed by atoms with Crippen LogP contribution in [-0.2, 0) is 22.8 Å². The number of oxime groups is 1. The molecule has 0 atom stereocenters. The molecule has 0 amide bonds. The highest BCUT2D eigenvalue weighted by atomic mass is 19.2. The number of hydrogen-bond acceptors (Lipinski definition) is 5. The predicted octanol–water partition coefficient (Wildman–Crippen LogP) is 4.84. The molecule has 6 nitrogen and oxygen atoms in total. The molecule has 0 saturated heterocycles. The first-order valence-corrected chi connectivity index (χ1v) is 9.46. The number of halogens is 4. The molecule has 0 unspecified atom stereocenters. The average Bonchev–Trinajstić information content (AvgIpc) is 2.79. The Morgan fingerprint density at radius 3 is 2.00 bits per heavy atom. The van der Waals surface area contributed by atoms with E-state index in [1.54, 1.807) is 0 Å². The van der Waals surface area contributed by atoms with Crippen LogP contribution in [0.4, 0.5) is 17.6 Å². The molecule has 1 N–H and O–H groups in total. The van der Waals surface area contributed by atoms with Crippen molar-refractivity contribution < 1.29 is 41.8 Å². The number of carboxylic acids is 1. The van der Waals surface area contributed by atoms with Gasteiger partial charge in [-0.2, -0.15) is 0 Å². The summed E-state index contributed by atoms with van der Waals surface area (Å²) in [6.07, 6.45) is 1.19. The summed E-state index contributed by atoms with van der Waals surface area (Å²) in [7, 11) is 0. The van der Waals surface area contributed by atoms with Gasteiger partial charge in [0.2, 0.25) is 6.61 Å². The summed E-state index contributed by atoms with van der Waals surface area (Å²) in [4.78, 5) is 15.2. The molecule has 10 heteroatoms. The highest BCUT2D eigenvalue weighted by molar-refractivity contribution is 5.84. The van der Waals surface area contributed by atoms with E-state index in [0.717, 1.165) is 24.3 Å². The van der Waals surface area contributed by atoms with Crippen molar-refractivity contribution >= 4 is 12.2 Å². The van der Waals surface area contributed by atoms with Gasteiger partial charge in [-0.3, -0.25) is 0 Å². The lowest BCUT2D eigenvalue weighted by Gasteiger charge is -2.12. The molecule has 0 heterocycles. The van der Waals surface area contributed by atoms with Crippen LogP contribution in [0.2, 0.25) is 0 Å². The van der Waals surface area contributed by atoms with Crippen molar-refractivity contribution in [3.63, 3.8) is 0 Å². The molecular weight excluding hydrogens is 446 g/mol. The maximum atomic E-state index is 13.4. The fourth-order valence-electron chi connectivity index (χ4n) is 2.62. The number of rotatable bonds is 10. The number of aliphatic carboxylic acids is 1. The lowest BCUT2D eigenvalue weighted by atomic mass is 10.2. The molecule has 3 rings (SSSR count). The summed E-state index contributed by atoms with van der Waals surface area (Å²) in [5.41, 5.74) is 1.09. The lowest BCUT2D eigenvalue weighted by molar-refractivity contribution is -0.142. The summed E-state index contributed by atoms with van der Waals surface area (Å²) in [6.45, 7) is -0.810. The standard InChI is InChI=1S/C23H17F4NO5/c24-18-4-1-14(7-20(18)26)11-31-17-3-6-22(16(9-17)10-28-33-13-23(29)30)32-12-15-2-5-19(25)21(27)8-15/h1-10H,11-13H2,(H,29,30). The van der Waals surface area contributed by atoms with Crippen LogP contribution in [0.15, 0.2) is 59.8 Å². The monoisotopic (exact) mass is 463 g/mol. The Hall–Kier alpha value is -4.08. The van der Waals surface area contributed by atoms with Gasteiger partial charge >= 0.3 is 5.97 Å². The minimum absolute atomic E-state index is 0.0572. The van der Waals surface area contributed by atoms with E-state index in [1.165, 1.54) is 36.5 Å². The highest BCUT2D eigenvalue weighted by Gasteiger charge is 2.09. The van der Waals surface area contributed by atoms with Gasteiger partial charge in [-0.15, -0.1) is 0 Å². The molecule has 172 valence electrons. The van der Waals surface area contributed by atoms with Crippen LogP contribution >= 0.6 is 0 Å². The van der Waals surface area contributed by atoms with Crippen molar-refractivity contribution in [2.24, 2.45) is 5.16 Å². The minimum Gasteiger partial charge on any atom is -0.489 e. The lowest BCUT2D eigenvalue weighted by Crippen LogP contribution is -2.04. The van der Waals surface area contributed by atoms with Gasteiger partial charge < -0.3 is 19.4 Å². The Kier molecular flexibility index (Phi) is 7.85. The van der Waals surface area contributed by atoms with Crippen molar-refractivity contribution in [2.75, 3.05) is 6.61 Å². The van der Waals surface area contributed by atoms with Crippen molar-refractivity contribution in [3.05, 3.63) is 94.6 Å². The molecule has 0 aromatic heterocycles. The topological polar surface area (TPSA) is 77.4 Å². The van der Waals surface area contributed by atoms with E-state index in [2.05, 4.69) is 9.99 Å². The summed E-state index contributed by atoms with van der Waals surface area (Å²) in [6, 6.07) is 11.3. The Morgan fingerprint density at radius 2 is 1.42 bits per heavy atom. The van der Waals surface area contributed by atoms with Crippen molar-refractivity contribution in [1.82, 2.24) is 0 Å². The van der Waals surface area contributed by atoms with E-state index in [9.17, 15) is 22.4 Å². The Labute approximate surface area is 185 Å². The van der Waals surface area contributed by atoms with Crippen LogP contribution in [0.3, 0.4) is 0 Å². The Bertz CT molecular complexity index is 1170. The molecule has 0 saturated carbocycles. The van der Waals surface area contributed by atoms with Crippen LogP contribution in [0, 0.1) is 23.3 Å². The Balaban J connectivity index is 1.75. The van der Waals surface area contributed by atoms with E-state index >= 15 is 0 Å². The molecule has 0 aliphatic rings. The Morgan fingerprint density at radius 1 is 0.818 bits per heavy atom. The summed E-state index contributed by atoms with van der Waals surface area (Å²) in [5, 5.41) is 12.2. The quantitative estimate of drug-likeness (QED) is 0.265. The number of ether oxygens (including phenoxy) is 2. The maximum absolute atomic E-state index is 13.4. The van der Waals surface area contributed by atoms with Crippen molar-refractivity contribution in [3.8, 4) is 11.5 Å². The third-order valence-corrected chi connectivity index (χ3v) is 4.20. The molecule has 33 heavy (non-hydrogen) atoms. The number of carboxylic acid groups (broad SMARTS) is 1. The molecule has 3 aromatic carbocycles. The van der Waals surface area contributed by atoms with Gasteiger partial charge in [0, 0.05) is 5.56 Å². The maximum Gasteiger partial charge on any atom is 0.344 e. The van der Waals surface area contributed by atoms with Gasteiger partial charge in [-0.1, -0.05) is 17.3 Å². The molecule has 0 aliphatic heterocycles. The fraction of sp³-hybridized carbons (Fsp3) is 0.130. The third kappa shape index (κ3) is 6.96. The van der Waals surface area contributed by atoms with E-state index < -0.39 is 35.8 Å². The largest absolute Gasteiger partial charge is 0.489 e. The molecular formula is C23H17F4NO5. The minimum atomic E-state index is -1.22. The average molecular weight is 463 g/mol. The first-order valence-electron chi connectivity index (χ1n) is 9.46. The first kappa shape index (κ1) is 23.6. The smallest absolute Gasteiger partial charge is 0.344 e. The molecule has 0 bridgehead atoms. The third-order valence-electron chi connectivity index (χ3n) is 4.20. The van der Waals surface area contributed by atoms with E-state index in [0.29, 0.717) is 22.4 Å². The van der Waals surface area contributed by atoms with Gasteiger partial charge in [0.05, 0.1) is 6.21 Å². The SMILES string of the molecule is O=C(O)CON=Cc1cc(OCc2ccc(F)c(F)c2)ccc1OCc1ccc(F)c(F)c1. The predicted molar refractivity (Wildman–Crippen MR) is 109 cm³/mol. The summed E-state index contributed by atoms with van der Waals surface area (Å²) >= 11 is 0. The van der Waals surface area contributed by atoms with Gasteiger partial charge in [-0.25, -0.2) is 22.4 Å². The number of nitrogens with zero attached hydrogens (tertiary/aromatic N) is 1. The molecule has 0 fully saturated rings. The van der Waals surface area contributed by atoms with Crippen molar-refractivity contribution in [1.29, 1.82) is 0 Å². The van der Waals surface area contributed by atoms with E-state index in [1.807, 2.05) is 0 Å². The van der Waals surface area contributed by atoms with Crippen LogP contribution in [-0.4, -0.2) is 23.9 Å². The van der Waals surface area contributed by atoms with Crippen molar-refractivity contribution in [2.45, 2.75) is 13.2 Å². The first-order chi connectivity index (χ1) is 15.8. The molecule has 0 spiro atoms. The zero-order valence-corrected chi connectivity index (χ0v) is 16.9. The zero-order valence-electron chi connectivity index (χ0n) is 16.9. The van der Waals surface area contributed by atoms with E-state index in [4.69, 9.17) is 14.6 Å². The summed E-state index contributed by atoms with van der Waals surface area (Å²) < 4.78 is 64.1. The van der Waals surface area contributed by atoms with Gasteiger partial charge in [0.1, 0.15) is 24.7 Å². The normalized spacial score (nSPS) is 10.9. The second-order valence-electron chi connectivity index (χ2n) is 6.68. The van der Waals surface area contributed by atoms with Gasteiger partial charge in [0.15, 0.2) is 23.3 Å². The van der Waals surface area contributed by atoms with Crippen LogP contribution in [0.5, 0.6) is 11.5 Å². The number of hydrogen-bond donors (Lipinski definition) is 1. The second-order valence-corrected chi connectivity index (χ2v) is 6.68. The van der Waals surface area contributed by atoms with Gasteiger partial charge in [-0.05, 0) is 53.6 Å². The zero-order chi connectivity index (χ0) is 23.8. The fourth-order valence-corrected chi connectivity index (χ4v) is 2.62. The highest BCUT2D eigenvalue weighted by Crippen LogP contribution is 2.25. The van der Waals surface area contributed by atoms with Gasteiger partial charge in [0.25, 0.3) is 0 Å². The second kappa shape index (κ2) is 11.0.